The van der Waals surface area contributed by atoms with Gasteiger partial charge in [0.1, 0.15) is 12.4 Å². The van der Waals surface area contributed by atoms with Gasteiger partial charge in [-0.05, 0) is 55.7 Å². The van der Waals surface area contributed by atoms with Crippen LogP contribution in [0.5, 0.6) is 5.75 Å². The molecule has 142 valence electrons. The number of benzene rings is 2. The van der Waals surface area contributed by atoms with Crippen LogP contribution in [0.15, 0.2) is 61.2 Å². The van der Waals surface area contributed by atoms with E-state index in [1.165, 1.54) is 11.3 Å². The van der Waals surface area contributed by atoms with Gasteiger partial charge in [0.05, 0.1) is 0 Å². The zero-order valence-electron chi connectivity index (χ0n) is 15.8. The molecule has 0 spiro atoms. The lowest BCUT2D eigenvalue weighted by Gasteiger charge is -2.25. The Morgan fingerprint density at radius 1 is 1.30 bits per heavy atom. The number of hydrogen-bond acceptors (Lipinski definition) is 3. The molecular formula is C22H27N3OS. The number of nitrogens with one attached hydrogen (secondary N) is 2. The molecule has 0 aromatic heterocycles. The van der Waals surface area contributed by atoms with Crippen molar-refractivity contribution in [3.63, 3.8) is 0 Å². The SMILES string of the molecule is C=CCOc1cccc(NC(=S)NCCCN2c3ccccc3CC2C)c1. The summed E-state index contributed by atoms with van der Waals surface area (Å²) in [6.45, 7) is 8.31. The molecule has 0 saturated carbocycles. The van der Waals surface area contributed by atoms with Crippen LogP contribution in [0.3, 0.4) is 0 Å². The zero-order valence-corrected chi connectivity index (χ0v) is 16.6. The average Bonchev–Trinajstić information content (AvgIpc) is 2.99. The summed E-state index contributed by atoms with van der Waals surface area (Å²) in [5.41, 5.74) is 3.74. The molecule has 27 heavy (non-hydrogen) atoms. The highest BCUT2D eigenvalue weighted by molar-refractivity contribution is 7.80. The van der Waals surface area contributed by atoms with Gasteiger partial charge < -0.3 is 20.3 Å². The zero-order chi connectivity index (χ0) is 19.1. The fourth-order valence-corrected chi connectivity index (χ4v) is 3.64. The fourth-order valence-electron chi connectivity index (χ4n) is 3.42. The van der Waals surface area contributed by atoms with Crippen LogP contribution >= 0.6 is 12.2 Å². The topological polar surface area (TPSA) is 36.5 Å². The summed E-state index contributed by atoms with van der Waals surface area (Å²) < 4.78 is 5.54. The van der Waals surface area contributed by atoms with E-state index in [0.29, 0.717) is 17.8 Å². The molecule has 3 rings (SSSR count). The van der Waals surface area contributed by atoms with Crippen LogP contribution < -0.4 is 20.3 Å². The molecule has 1 atom stereocenters. The van der Waals surface area contributed by atoms with Crippen molar-refractivity contribution in [2.45, 2.75) is 25.8 Å². The number of fused-ring (bicyclic) bond motifs is 1. The number of nitrogens with zero attached hydrogens (tertiary/aromatic N) is 1. The van der Waals surface area contributed by atoms with E-state index in [2.05, 4.69) is 53.3 Å². The third-order valence-electron chi connectivity index (χ3n) is 4.67. The second kappa shape index (κ2) is 9.42. The van der Waals surface area contributed by atoms with Crippen molar-refractivity contribution >= 4 is 28.7 Å². The Morgan fingerprint density at radius 2 is 2.15 bits per heavy atom. The number of thiocarbonyl (C=S) groups is 1. The first-order valence-corrected chi connectivity index (χ1v) is 9.81. The molecule has 2 aromatic rings. The molecule has 0 saturated heterocycles. The van der Waals surface area contributed by atoms with Crippen LogP contribution in [0.25, 0.3) is 0 Å². The van der Waals surface area contributed by atoms with Crippen molar-refractivity contribution in [2.75, 3.05) is 29.9 Å². The second-order valence-corrected chi connectivity index (χ2v) is 7.15. The van der Waals surface area contributed by atoms with E-state index in [1.54, 1.807) is 6.08 Å². The van der Waals surface area contributed by atoms with Gasteiger partial charge >= 0.3 is 0 Å². The molecule has 1 unspecified atom stereocenters. The fraction of sp³-hybridized carbons (Fsp3) is 0.318. The molecule has 4 nitrogen and oxygen atoms in total. The first kappa shape index (κ1) is 19.2. The normalized spacial score (nSPS) is 15.1. The molecule has 0 radical (unpaired) electrons. The van der Waals surface area contributed by atoms with E-state index >= 15 is 0 Å². The highest BCUT2D eigenvalue weighted by Crippen LogP contribution is 2.31. The van der Waals surface area contributed by atoms with E-state index < -0.39 is 0 Å². The molecule has 1 aliphatic rings. The Labute approximate surface area is 167 Å². The van der Waals surface area contributed by atoms with Gasteiger partial charge in [-0.25, -0.2) is 0 Å². The summed E-state index contributed by atoms with van der Waals surface area (Å²) in [4.78, 5) is 2.49. The van der Waals surface area contributed by atoms with Crippen LogP contribution in [-0.2, 0) is 6.42 Å². The average molecular weight is 382 g/mol. The van der Waals surface area contributed by atoms with Crippen LogP contribution in [0.4, 0.5) is 11.4 Å². The summed E-state index contributed by atoms with van der Waals surface area (Å²) in [5, 5.41) is 7.14. The second-order valence-electron chi connectivity index (χ2n) is 6.74. The van der Waals surface area contributed by atoms with Crippen LogP contribution in [0.2, 0.25) is 0 Å². The van der Waals surface area contributed by atoms with E-state index in [-0.39, 0.29) is 0 Å². The standard InChI is InChI=1S/C22H27N3OS/c1-3-14-26-20-10-6-9-19(16-20)24-22(27)23-12-7-13-25-17(2)15-18-8-4-5-11-21(18)25/h3-6,8-11,16-17H,1,7,12-15H2,2H3,(H2,23,24,27). The largest absolute Gasteiger partial charge is 0.489 e. The van der Waals surface area contributed by atoms with E-state index in [4.69, 9.17) is 17.0 Å². The highest BCUT2D eigenvalue weighted by Gasteiger charge is 2.24. The monoisotopic (exact) mass is 381 g/mol. The number of ether oxygens (including phenoxy) is 1. The van der Waals surface area contributed by atoms with Crippen molar-refractivity contribution in [1.82, 2.24) is 5.32 Å². The minimum Gasteiger partial charge on any atom is -0.489 e. The van der Waals surface area contributed by atoms with Gasteiger partial charge in [-0.2, -0.15) is 0 Å². The Kier molecular flexibility index (Phi) is 6.71. The number of hydrogen-bond donors (Lipinski definition) is 2. The lowest BCUT2D eigenvalue weighted by atomic mass is 10.1. The number of rotatable bonds is 8. The quantitative estimate of drug-likeness (QED) is 0.403. The van der Waals surface area contributed by atoms with Gasteiger partial charge in [-0.15, -0.1) is 0 Å². The maximum atomic E-state index is 5.54. The van der Waals surface area contributed by atoms with Gasteiger partial charge in [-0.1, -0.05) is 36.9 Å². The summed E-state index contributed by atoms with van der Waals surface area (Å²) in [6, 6.07) is 17.0. The lowest BCUT2D eigenvalue weighted by molar-refractivity contribution is 0.363. The maximum Gasteiger partial charge on any atom is 0.170 e. The molecular weight excluding hydrogens is 354 g/mol. The Bertz CT molecular complexity index is 793. The Hall–Kier alpha value is -2.53. The first-order chi connectivity index (χ1) is 13.2. The molecule has 0 bridgehead atoms. The van der Waals surface area contributed by atoms with Gasteiger partial charge in [0.15, 0.2) is 5.11 Å². The number of para-hydroxylation sites is 1. The molecule has 0 amide bonds. The molecule has 5 heteroatoms. The summed E-state index contributed by atoms with van der Waals surface area (Å²) in [5.74, 6) is 0.796. The minimum absolute atomic E-state index is 0.490. The maximum absolute atomic E-state index is 5.54. The molecule has 0 fully saturated rings. The van der Waals surface area contributed by atoms with Crippen molar-refractivity contribution < 1.29 is 4.74 Å². The molecule has 2 aromatic carbocycles. The molecule has 0 aliphatic carbocycles. The van der Waals surface area contributed by atoms with Gasteiger partial charge in [-0.3, -0.25) is 0 Å². The molecule has 2 N–H and O–H groups in total. The number of anilines is 2. The van der Waals surface area contributed by atoms with E-state index in [1.807, 2.05) is 24.3 Å². The Morgan fingerprint density at radius 3 is 3.00 bits per heavy atom. The third-order valence-corrected chi connectivity index (χ3v) is 4.92. The summed E-state index contributed by atoms with van der Waals surface area (Å²) >= 11 is 5.41. The predicted molar refractivity (Wildman–Crippen MR) is 118 cm³/mol. The summed E-state index contributed by atoms with van der Waals surface area (Å²) in [7, 11) is 0. The van der Waals surface area contributed by atoms with Crippen LogP contribution in [0, 0.1) is 0 Å². The highest BCUT2D eigenvalue weighted by atomic mass is 32.1. The Balaban J connectivity index is 1.42. The smallest absolute Gasteiger partial charge is 0.170 e. The predicted octanol–water partition coefficient (Wildman–Crippen LogP) is 4.38. The lowest BCUT2D eigenvalue weighted by Crippen LogP contribution is -2.34. The van der Waals surface area contributed by atoms with Crippen LogP contribution in [0.1, 0.15) is 18.9 Å². The van der Waals surface area contributed by atoms with Gasteiger partial charge in [0.25, 0.3) is 0 Å². The molecule has 1 aliphatic heterocycles. The molecule has 1 heterocycles. The van der Waals surface area contributed by atoms with E-state index in [0.717, 1.165) is 37.4 Å². The van der Waals surface area contributed by atoms with Gasteiger partial charge in [0, 0.05) is 36.6 Å². The third kappa shape index (κ3) is 5.23. The van der Waals surface area contributed by atoms with Crippen LogP contribution in [-0.4, -0.2) is 30.9 Å². The summed E-state index contributed by atoms with van der Waals surface area (Å²) in [6.07, 6.45) is 3.89. The van der Waals surface area contributed by atoms with Crippen molar-refractivity contribution in [1.29, 1.82) is 0 Å². The van der Waals surface area contributed by atoms with Crippen molar-refractivity contribution in [3.05, 3.63) is 66.7 Å². The first-order valence-electron chi connectivity index (χ1n) is 9.40. The van der Waals surface area contributed by atoms with E-state index in [9.17, 15) is 0 Å². The van der Waals surface area contributed by atoms with Crippen molar-refractivity contribution in [2.24, 2.45) is 0 Å². The van der Waals surface area contributed by atoms with Gasteiger partial charge in [0.2, 0.25) is 0 Å². The minimum atomic E-state index is 0.490. The van der Waals surface area contributed by atoms with Crippen molar-refractivity contribution in [3.8, 4) is 5.75 Å².